The summed E-state index contributed by atoms with van der Waals surface area (Å²) in [5, 5.41) is 4.22. The number of carbonyl (C=O) groups is 1. The van der Waals surface area contributed by atoms with Gasteiger partial charge in [-0.3, -0.25) is 4.79 Å². The molecular formula is C18H21NO2. The molecule has 1 aromatic heterocycles. The number of para-hydroxylation sites is 1. The van der Waals surface area contributed by atoms with Crippen LogP contribution in [-0.2, 0) is 11.2 Å². The van der Waals surface area contributed by atoms with Crippen LogP contribution in [0.3, 0.4) is 0 Å². The fraction of sp³-hybridized carbons (Fsp3) is 0.389. The van der Waals surface area contributed by atoms with Crippen LogP contribution < -0.4 is 5.32 Å². The first-order valence-electron chi connectivity index (χ1n) is 7.65. The number of hydrogen-bond donors (Lipinski definition) is 1. The topological polar surface area (TPSA) is 42.2 Å². The molecule has 1 heterocycles. The lowest BCUT2D eigenvalue weighted by atomic mass is 9.93. The van der Waals surface area contributed by atoms with Crippen LogP contribution in [0.25, 0.3) is 11.0 Å². The second kappa shape index (κ2) is 6.17. The van der Waals surface area contributed by atoms with Gasteiger partial charge in [0.25, 0.3) is 0 Å². The van der Waals surface area contributed by atoms with E-state index in [1.54, 1.807) is 0 Å². The third-order valence-corrected chi connectivity index (χ3v) is 4.01. The van der Waals surface area contributed by atoms with E-state index < -0.39 is 0 Å². The Kier molecular flexibility index (Phi) is 4.09. The second-order valence-corrected chi connectivity index (χ2v) is 5.85. The maximum absolute atomic E-state index is 12.2. The lowest BCUT2D eigenvalue weighted by Crippen LogP contribution is -2.38. The van der Waals surface area contributed by atoms with Gasteiger partial charge in [-0.05, 0) is 38.3 Å². The van der Waals surface area contributed by atoms with Crippen molar-refractivity contribution in [2.24, 2.45) is 5.92 Å². The number of fused-ring (bicyclic) bond motifs is 1. The molecular weight excluding hydrogens is 262 g/mol. The van der Waals surface area contributed by atoms with Gasteiger partial charge in [0.1, 0.15) is 11.3 Å². The predicted molar refractivity (Wildman–Crippen MR) is 84.0 cm³/mol. The van der Waals surface area contributed by atoms with E-state index >= 15 is 0 Å². The van der Waals surface area contributed by atoms with E-state index in [1.807, 2.05) is 31.2 Å². The normalized spacial score (nSPS) is 19.6. The summed E-state index contributed by atoms with van der Waals surface area (Å²) in [6, 6.07) is 10.1. The van der Waals surface area contributed by atoms with Crippen LogP contribution in [0.15, 0.2) is 46.9 Å². The van der Waals surface area contributed by atoms with E-state index in [0.29, 0.717) is 0 Å². The van der Waals surface area contributed by atoms with Crippen LogP contribution in [0.1, 0.15) is 31.9 Å². The van der Waals surface area contributed by atoms with Crippen LogP contribution in [0.2, 0.25) is 0 Å². The van der Waals surface area contributed by atoms with Crippen molar-refractivity contribution >= 4 is 16.9 Å². The van der Waals surface area contributed by atoms with Gasteiger partial charge in [0, 0.05) is 23.8 Å². The Morgan fingerprint density at radius 1 is 1.38 bits per heavy atom. The Morgan fingerprint density at radius 3 is 3.00 bits per heavy atom. The van der Waals surface area contributed by atoms with Gasteiger partial charge in [0.2, 0.25) is 5.91 Å². The molecule has 0 spiro atoms. The summed E-state index contributed by atoms with van der Waals surface area (Å²) in [6.45, 7) is 2.03. The molecule has 1 aromatic carbocycles. The zero-order chi connectivity index (χ0) is 14.7. The fourth-order valence-electron chi connectivity index (χ4n) is 2.88. The van der Waals surface area contributed by atoms with Crippen molar-refractivity contribution in [1.82, 2.24) is 5.32 Å². The van der Waals surface area contributed by atoms with Gasteiger partial charge in [-0.15, -0.1) is 0 Å². The van der Waals surface area contributed by atoms with Gasteiger partial charge in [0.05, 0.1) is 0 Å². The highest BCUT2D eigenvalue weighted by Gasteiger charge is 2.20. The number of rotatable bonds is 4. The molecule has 0 saturated carbocycles. The van der Waals surface area contributed by atoms with Crippen LogP contribution in [0, 0.1) is 5.92 Å². The molecule has 0 aliphatic heterocycles. The summed E-state index contributed by atoms with van der Waals surface area (Å²) in [5.41, 5.74) is 0.906. The summed E-state index contributed by atoms with van der Waals surface area (Å²) >= 11 is 0. The van der Waals surface area contributed by atoms with Crippen LogP contribution in [-0.4, -0.2) is 11.9 Å². The summed E-state index contributed by atoms with van der Waals surface area (Å²) in [6.07, 6.45) is 7.82. The van der Waals surface area contributed by atoms with Crippen LogP contribution >= 0.6 is 0 Å². The van der Waals surface area contributed by atoms with E-state index in [-0.39, 0.29) is 17.9 Å². The molecule has 1 N–H and O–H groups in total. The first kappa shape index (κ1) is 13.9. The molecule has 3 nitrogen and oxygen atoms in total. The minimum absolute atomic E-state index is 0.0870. The molecule has 0 unspecified atom stereocenters. The molecule has 3 rings (SSSR count). The third kappa shape index (κ3) is 3.35. The highest BCUT2D eigenvalue weighted by atomic mass is 16.3. The van der Waals surface area contributed by atoms with E-state index in [4.69, 9.17) is 4.42 Å². The molecule has 1 aliphatic rings. The highest BCUT2D eigenvalue weighted by Crippen LogP contribution is 2.21. The monoisotopic (exact) mass is 283 g/mol. The predicted octanol–water partition coefficient (Wildman–Crippen LogP) is 3.84. The van der Waals surface area contributed by atoms with Gasteiger partial charge >= 0.3 is 0 Å². The summed E-state index contributed by atoms with van der Waals surface area (Å²) in [5.74, 6) is 1.23. The number of carbonyl (C=O) groups excluding carboxylic acids is 1. The van der Waals surface area contributed by atoms with Gasteiger partial charge in [-0.25, -0.2) is 0 Å². The van der Waals surface area contributed by atoms with Crippen molar-refractivity contribution in [1.29, 1.82) is 0 Å². The lowest BCUT2D eigenvalue weighted by molar-refractivity contribution is -0.125. The maximum Gasteiger partial charge on any atom is 0.223 e. The van der Waals surface area contributed by atoms with Crippen molar-refractivity contribution in [2.45, 2.75) is 38.6 Å². The smallest absolute Gasteiger partial charge is 0.223 e. The van der Waals surface area contributed by atoms with Gasteiger partial charge in [-0.1, -0.05) is 30.4 Å². The molecule has 3 heteroatoms. The van der Waals surface area contributed by atoms with Crippen molar-refractivity contribution in [3.05, 3.63) is 48.2 Å². The molecule has 0 bridgehead atoms. The van der Waals surface area contributed by atoms with E-state index in [9.17, 15) is 4.79 Å². The Balaban J connectivity index is 1.59. The van der Waals surface area contributed by atoms with Crippen LogP contribution in [0.4, 0.5) is 0 Å². The molecule has 1 amide bonds. The average molecular weight is 283 g/mol. The number of benzene rings is 1. The van der Waals surface area contributed by atoms with Crippen LogP contribution in [0.5, 0.6) is 0 Å². The zero-order valence-electron chi connectivity index (χ0n) is 12.3. The molecule has 2 aromatic rings. The number of hydrogen-bond acceptors (Lipinski definition) is 2. The SMILES string of the molecule is C[C@H](Cc1cc2ccccc2o1)NC(=O)[C@@H]1CC=CCC1. The Morgan fingerprint density at radius 2 is 2.24 bits per heavy atom. The first-order valence-corrected chi connectivity index (χ1v) is 7.65. The van der Waals surface area contributed by atoms with E-state index in [2.05, 4.69) is 23.5 Å². The standard InChI is InChI=1S/C18H21NO2/c1-13(19-18(20)14-7-3-2-4-8-14)11-16-12-15-9-5-6-10-17(15)21-16/h2-3,5-6,9-10,12-14H,4,7-8,11H2,1H3,(H,19,20)/t13-,14-/m1/s1. The molecule has 21 heavy (non-hydrogen) atoms. The van der Waals surface area contributed by atoms with Crippen molar-refractivity contribution in [3.8, 4) is 0 Å². The highest BCUT2D eigenvalue weighted by molar-refractivity contribution is 5.79. The summed E-state index contributed by atoms with van der Waals surface area (Å²) in [4.78, 5) is 12.2. The fourth-order valence-corrected chi connectivity index (χ4v) is 2.88. The Bertz CT molecular complexity index is 623. The zero-order valence-corrected chi connectivity index (χ0v) is 12.3. The summed E-state index contributed by atoms with van der Waals surface area (Å²) < 4.78 is 5.80. The largest absolute Gasteiger partial charge is 0.461 e. The maximum atomic E-state index is 12.2. The Labute approximate surface area is 125 Å². The minimum atomic E-state index is 0.0870. The quantitative estimate of drug-likeness (QED) is 0.866. The summed E-state index contributed by atoms with van der Waals surface area (Å²) in [7, 11) is 0. The molecule has 1 aliphatic carbocycles. The van der Waals surface area contributed by atoms with Gasteiger partial charge in [-0.2, -0.15) is 0 Å². The van der Waals surface area contributed by atoms with E-state index in [1.165, 1.54) is 0 Å². The molecule has 110 valence electrons. The van der Waals surface area contributed by atoms with Crippen molar-refractivity contribution < 1.29 is 9.21 Å². The van der Waals surface area contributed by atoms with E-state index in [0.717, 1.165) is 42.4 Å². The average Bonchev–Trinajstić information content (AvgIpc) is 2.90. The van der Waals surface area contributed by atoms with Gasteiger partial charge < -0.3 is 9.73 Å². The third-order valence-electron chi connectivity index (χ3n) is 4.01. The minimum Gasteiger partial charge on any atom is -0.461 e. The Hall–Kier alpha value is -2.03. The molecule has 2 atom stereocenters. The molecule has 0 radical (unpaired) electrons. The van der Waals surface area contributed by atoms with Gasteiger partial charge in [0.15, 0.2) is 0 Å². The molecule has 0 saturated heterocycles. The number of allylic oxidation sites excluding steroid dienone is 2. The lowest BCUT2D eigenvalue weighted by Gasteiger charge is -2.20. The van der Waals surface area contributed by atoms with Crippen molar-refractivity contribution in [2.75, 3.05) is 0 Å². The van der Waals surface area contributed by atoms with Crippen molar-refractivity contribution in [3.63, 3.8) is 0 Å². The number of furan rings is 1. The number of nitrogens with one attached hydrogen (secondary N) is 1. The number of amides is 1. The second-order valence-electron chi connectivity index (χ2n) is 5.85. The first-order chi connectivity index (χ1) is 10.2. The molecule has 0 fully saturated rings.